The molecule has 0 atom stereocenters. The number of nitriles is 1. The minimum Gasteiger partial charge on any atom is -0.343 e. The van der Waals surface area contributed by atoms with Crippen molar-refractivity contribution in [3.8, 4) is 6.07 Å². The lowest BCUT2D eigenvalue weighted by Gasteiger charge is -2.33. The van der Waals surface area contributed by atoms with E-state index in [2.05, 4.69) is 19.9 Å². The van der Waals surface area contributed by atoms with Crippen LogP contribution in [-0.4, -0.2) is 23.9 Å². The molecule has 3 nitrogen and oxygen atoms in total. The third kappa shape index (κ3) is 3.52. The molecule has 1 aliphatic carbocycles. The number of hydrogen-bond donors (Lipinski definition) is 0. The summed E-state index contributed by atoms with van der Waals surface area (Å²) in [6.45, 7) is 4.14. The number of carbonyl (C=O) groups excluding carboxylic acids is 1. The highest BCUT2D eigenvalue weighted by Gasteiger charge is 2.26. The first-order valence-corrected chi connectivity index (χ1v) is 6.19. The lowest BCUT2D eigenvalue weighted by Crippen LogP contribution is -2.39. The average Bonchev–Trinajstić information content (AvgIpc) is 2.27. The lowest BCUT2D eigenvalue weighted by molar-refractivity contribution is -0.133. The predicted octanol–water partition coefficient (Wildman–Crippen LogP) is 2.57. The van der Waals surface area contributed by atoms with Crippen LogP contribution in [0.25, 0.3) is 0 Å². The van der Waals surface area contributed by atoms with Gasteiger partial charge in [0.1, 0.15) is 0 Å². The largest absolute Gasteiger partial charge is 0.343 e. The molecule has 16 heavy (non-hydrogen) atoms. The van der Waals surface area contributed by atoms with Crippen molar-refractivity contribution in [2.45, 2.75) is 52.0 Å². The summed E-state index contributed by atoms with van der Waals surface area (Å²) in [5.41, 5.74) is 0. The second kappa shape index (κ2) is 5.89. The van der Waals surface area contributed by atoms with Crippen LogP contribution in [-0.2, 0) is 4.79 Å². The molecule has 0 unspecified atom stereocenters. The highest BCUT2D eigenvalue weighted by molar-refractivity contribution is 5.76. The van der Waals surface area contributed by atoms with Gasteiger partial charge in [-0.15, -0.1) is 0 Å². The number of amides is 1. The molecule has 0 radical (unpaired) electrons. The molecular formula is C13H22N2O. The first-order chi connectivity index (χ1) is 7.54. The molecule has 0 saturated heterocycles. The Morgan fingerprint density at radius 1 is 1.38 bits per heavy atom. The highest BCUT2D eigenvalue weighted by Crippen LogP contribution is 2.26. The standard InChI is InChI=1S/C13H22N2O/c1-10(2)8-13(16)15(3)12-6-4-11(9-14)5-7-12/h10-12H,4-8H2,1-3H3. The fraction of sp³-hybridized carbons (Fsp3) is 0.846. The fourth-order valence-corrected chi connectivity index (χ4v) is 2.29. The average molecular weight is 222 g/mol. The van der Waals surface area contributed by atoms with Gasteiger partial charge in [0.2, 0.25) is 5.91 Å². The summed E-state index contributed by atoms with van der Waals surface area (Å²) in [6, 6.07) is 2.68. The Bertz CT molecular complexity index is 272. The lowest BCUT2D eigenvalue weighted by atomic mass is 9.86. The minimum absolute atomic E-state index is 0.213. The van der Waals surface area contributed by atoms with Crippen LogP contribution >= 0.6 is 0 Å². The van der Waals surface area contributed by atoms with E-state index < -0.39 is 0 Å². The van der Waals surface area contributed by atoms with E-state index in [0.717, 1.165) is 25.7 Å². The third-order valence-electron chi connectivity index (χ3n) is 3.40. The SMILES string of the molecule is CC(C)CC(=O)N(C)C1CCC(C#N)CC1. The third-order valence-corrected chi connectivity index (χ3v) is 3.40. The molecule has 0 aliphatic heterocycles. The van der Waals surface area contributed by atoms with Gasteiger partial charge in [-0.25, -0.2) is 0 Å². The van der Waals surface area contributed by atoms with Gasteiger partial charge in [-0.2, -0.15) is 5.26 Å². The molecule has 1 amide bonds. The summed E-state index contributed by atoms with van der Waals surface area (Å²) in [5.74, 6) is 0.880. The van der Waals surface area contributed by atoms with E-state index in [9.17, 15) is 4.79 Å². The Labute approximate surface area is 98.4 Å². The summed E-state index contributed by atoms with van der Waals surface area (Å²) >= 11 is 0. The van der Waals surface area contributed by atoms with E-state index in [0.29, 0.717) is 18.4 Å². The maximum Gasteiger partial charge on any atom is 0.222 e. The van der Waals surface area contributed by atoms with Crippen LogP contribution < -0.4 is 0 Å². The van der Waals surface area contributed by atoms with E-state index in [1.165, 1.54) is 0 Å². The van der Waals surface area contributed by atoms with Crippen LogP contribution in [0.4, 0.5) is 0 Å². The van der Waals surface area contributed by atoms with Crippen LogP contribution in [0.3, 0.4) is 0 Å². The Morgan fingerprint density at radius 2 is 1.94 bits per heavy atom. The van der Waals surface area contributed by atoms with Crippen LogP contribution in [0.1, 0.15) is 46.0 Å². The van der Waals surface area contributed by atoms with Gasteiger partial charge in [-0.3, -0.25) is 4.79 Å². The van der Waals surface area contributed by atoms with E-state index in [-0.39, 0.29) is 11.8 Å². The van der Waals surface area contributed by atoms with Crippen molar-refractivity contribution in [2.24, 2.45) is 11.8 Å². The van der Waals surface area contributed by atoms with E-state index in [1.54, 1.807) is 0 Å². The molecule has 0 spiro atoms. The topological polar surface area (TPSA) is 44.1 Å². The normalized spacial score (nSPS) is 25.2. The number of hydrogen-bond acceptors (Lipinski definition) is 2. The fourth-order valence-electron chi connectivity index (χ4n) is 2.29. The van der Waals surface area contributed by atoms with Gasteiger partial charge in [-0.05, 0) is 31.6 Å². The first-order valence-electron chi connectivity index (χ1n) is 6.19. The van der Waals surface area contributed by atoms with E-state index >= 15 is 0 Å². The van der Waals surface area contributed by atoms with Crippen molar-refractivity contribution >= 4 is 5.91 Å². The number of nitrogens with zero attached hydrogens (tertiary/aromatic N) is 2. The Morgan fingerprint density at radius 3 is 2.38 bits per heavy atom. The summed E-state index contributed by atoms with van der Waals surface area (Å²) in [5, 5.41) is 8.81. The van der Waals surface area contributed by atoms with Crippen molar-refractivity contribution < 1.29 is 4.79 Å². The zero-order chi connectivity index (χ0) is 12.1. The predicted molar refractivity (Wildman–Crippen MR) is 63.6 cm³/mol. The molecule has 1 fully saturated rings. The van der Waals surface area contributed by atoms with Crippen molar-refractivity contribution in [2.75, 3.05) is 7.05 Å². The molecule has 0 heterocycles. The molecule has 0 aromatic rings. The minimum atomic E-state index is 0.213. The van der Waals surface area contributed by atoms with Gasteiger partial charge < -0.3 is 4.90 Å². The van der Waals surface area contributed by atoms with Gasteiger partial charge in [0.15, 0.2) is 0 Å². The molecule has 3 heteroatoms. The van der Waals surface area contributed by atoms with Crippen LogP contribution in [0, 0.1) is 23.2 Å². The Kier molecular flexibility index (Phi) is 4.79. The Hall–Kier alpha value is -1.04. The quantitative estimate of drug-likeness (QED) is 0.736. The zero-order valence-corrected chi connectivity index (χ0v) is 10.6. The van der Waals surface area contributed by atoms with Gasteiger partial charge in [0.25, 0.3) is 0 Å². The summed E-state index contributed by atoms with van der Waals surface area (Å²) in [4.78, 5) is 13.8. The Balaban J connectivity index is 2.41. The molecule has 90 valence electrons. The van der Waals surface area contributed by atoms with Crippen molar-refractivity contribution in [3.05, 3.63) is 0 Å². The second-order valence-corrected chi connectivity index (χ2v) is 5.24. The second-order valence-electron chi connectivity index (χ2n) is 5.24. The van der Waals surface area contributed by atoms with Crippen molar-refractivity contribution in [1.29, 1.82) is 5.26 Å². The molecule has 1 aliphatic rings. The smallest absolute Gasteiger partial charge is 0.222 e. The van der Waals surface area contributed by atoms with E-state index in [1.807, 2.05) is 11.9 Å². The van der Waals surface area contributed by atoms with Crippen LogP contribution in [0.15, 0.2) is 0 Å². The number of rotatable bonds is 3. The van der Waals surface area contributed by atoms with Gasteiger partial charge in [0, 0.05) is 25.4 Å². The van der Waals surface area contributed by atoms with Crippen molar-refractivity contribution in [3.63, 3.8) is 0 Å². The highest BCUT2D eigenvalue weighted by atomic mass is 16.2. The molecule has 0 N–H and O–H groups in total. The maximum absolute atomic E-state index is 11.9. The summed E-state index contributed by atoms with van der Waals surface area (Å²) in [6.07, 6.45) is 4.49. The summed E-state index contributed by atoms with van der Waals surface area (Å²) < 4.78 is 0. The first kappa shape index (κ1) is 13.0. The van der Waals surface area contributed by atoms with Crippen LogP contribution in [0.5, 0.6) is 0 Å². The summed E-state index contributed by atoms with van der Waals surface area (Å²) in [7, 11) is 1.90. The molecule has 0 aromatic heterocycles. The molecule has 1 saturated carbocycles. The molecule has 1 rings (SSSR count). The maximum atomic E-state index is 11.9. The molecule has 0 aromatic carbocycles. The van der Waals surface area contributed by atoms with Gasteiger partial charge in [0.05, 0.1) is 6.07 Å². The molecule has 0 bridgehead atoms. The molecular weight excluding hydrogens is 200 g/mol. The van der Waals surface area contributed by atoms with Crippen LogP contribution in [0.2, 0.25) is 0 Å². The number of carbonyl (C=O) groups is 1. The zero-order valence-electron chi connectivity index (χ0n) is 10.6. The van der Waals surface area contributed by atoms with Gasteiger partial charge in [-0.1, -0.05) is 13.8 Å². The van der Waals surface area contributed by atoms with E-state index in [4.69, 9.17) is 5.26 Å². The monoisotopic (exact) mass is 222 g/mol. The van der Waals surface area contributed by atoms with Crippen molar-refractivity contribution in [1.82, 2.24) is 4.90 Å². The van der Waals surface area contributed by atoms with Gasteiger partial charge >= 0.3 is 0 Å².